The highest BCUT2D eigenvalue weighted by Crippen LogP contribution is 2.29. The first-order chi connectivity index (χ1) is 16.3. The maximum atomic E-state index is 13.7. The molecule has 0 spiro atoms. The SMILES string of the molecule is CN(C)C(=O)c1cccc(S(=O)(=O)n2cc(CN(CC(C)(C)C)C(=O)O)cc2-c2ccccc2)c1. The van der Waals surface area contributed by atoms with Crippen LogP contribution in [-0.4, -0.2) is 59.9 Å². The number of rotatable bonds is 7. The van der Waals surface area contributed by atoms with Crippen LogP contribution in [0, 0.1) is 5.41 Å². The zero-order valence-corrected chi connectivity index (χ0v) is 21.4. The van der Waals surface area contributed by atoms with Gasteiger partial charge in [-0.25, -0.2) is 17.2 Å². The summed E-state index contributed by atoms with van der Waals surface area (Å²) in [4.78, 5) is 26.9. The third-order valence-electron chi connectivity index (χ3n) is 5.27. The number of nitrogens with zero attached hydrogens (tertiary/aromatic N) is 3. The first kappa shape index (κ1) is 26.0. The second-order valence-electron chi connectivity index (χ2n) is 9.83. The molecule has 1 aromatic heterocycles. The molecular formula is C26H31N3O5S. The van der Waals surface area contributed by atoms with Gasteiger partial charge in [-0.05, 0) is 40.8 Å². The molecule has 0 aliphatic carbocycles. The van der Waals surface area contributed by atoms with Crippen molar-refractivity contribution in [2.75, 3.05) is 20.6 Å². The molecule has 2 aromatic carbocycles. The van der Waals surface area contributed by atoms with Gasteiger partial charge in [-0.15, -0.1) is 0 Å². The van der Waals surface area contributed by atoms with Gasteiger partial charge in [0.1, 0.15) is 0 Å². The van der Waals surface area contributed by atoms with E-state index < -0.39 is 16.1 Å². The summed E-state index contributed by atoms with van der Waals surface area (Å²) < 4.78 is 28.6. The van der Waals surface area contributed by atoms with E-state index >= 15 is 0 Å². The Bertz CT molecular complexity index is 1320. The quantitative estimate of drug-likeness (QED) is 0.513. The van der Waals surface area contributed by atoms with Crippen LogP contribution in [0.3, 0.4) is 0 Å². The van der Waals surface area contributed by atoms with Gasteiger partial charge in [0.2, 0.25) is 0 Å². The van der Waals surface area contributed by atoms with E-state index in [9.17, 15) is 23.1 Å². The lowest BCUT2D eigenvalue weighted by Gasteiger charge is -2.27. The van der Waals surface area contributed by atoms with E-state index in [1.165, 1.54) is 34.2 Å². The third kappa shape index (κ3) is 6.10. The van der Waals surface area contributed by atoms with E-state index in [-0.39, 0.29) is 34.9 Å². The predicted octanol–water partition coefficient (Wildman–Crippen LogP) is 4.62. The van der Waals surface area contributed by atoms with Crippen LogP contribution in [0.5, 0.6) is 0 Å². The molecule has 186 valence electrons. The van der Waals surface area contributed by atoms with Gasteiger partial charge in [0, 0.05) is 32.4 Å². The molecule has 0 fully saturated rings. The zero-order valence-electron chi connectivity index (χ0n) is 20.6. The number of carboxylic acid groups (broad SMARTS) is 1. The fourth-order valence-electron chi connectivity index (χ4n) is 3.75. The molecule has 0 aliphatic heterocycles. The van der Waals surface area contributed by atoms with Crippen molar-refractivity contribution in [3.8, 4) is 11.3 Å². The van der Waals surface area contributed by atoms with E-state index in [0.29, 0.717) is 16.8 Å². The smallest absolute Gasteiger partial charge is 0.407 e. The Morgan fingerprint density at radius 3 is 2.20 bits per heavy atom. The summed E-state index contributed by atoms with van der Waals surface area (Å²) >= 11 is 0. The molecule has 0 atom stereocenters. The number of carbonyl (C=O) groups is 2. The largest absolute Gasteiger partial charge is 0.465 e. The molecule has 2 amide bonds. The molecule has 0 saturated carbocycles. The second kappa shape index (κ2) is 9.95. The minimum absolute atomic E-state index is 0.0330. The standard InChI is InChI=1S/C26H31N3O5S/c1-26(2,3)18-28(25(31)32)16-19-14-23(20-10-7-6-8-11-20)29(17-19)35(33,34)22-13-9-12-21(15-22)24(30)27(4)5/h6-15,17H,16,18H2,1-5H3,(H,31,32). The number of aromatic nitrogens is 1. The fraction of sp³-hybridized carbons (Fsp3) is 0.308. The van der Waals surface area contributed by atoms with E-state index in [2.05, 4.69) is 0 Å². The monoisotopic (exact) mass is 497 g/mol. The van der Waals surface area contributed by atoms with Crippen LogP contribution in [0.4, 0.5) is 4.79 Å². The molecule has 1 N–H and O–H groups in total. The number of benzene rings is 2. The van der Waals surface area contributed by atoms with E-state index in [1.807, 2.05) is 26.8 Å². The van der Waals surface area contributed by atoms with Gasteiger partial charge in [0.15, 0.2) is 0 Å². The molecule has 35 heavy (non-hydrogen) atoms. The summed E-state index contributed by atoms with van der Waals surface area (Å²) in [6, 6.07) is 16.6. The Kier molecular flexibility index (Phi) is 7.40. The van der Waals surface area contributed by atoms with Crippen molar-refractivity contribution in [2.24, 2.45) is 5.41 Å². The van der Waals surface area contributed by atoms with Crippen LogP contribution in [0.25, 0.3) is 11.3 Å². The Morgan fingerprint density at radius 1 is 0.971 bits per heavy atom. The van der Waals surface area contributed by atoms with Crippen LogP contribution in [-0.2, 0) is 16.6 Å². The molecule has 0 unspecified atom stereocenters. The van der Waals surface area contributed by atoms with Crippen molar-refractivity contribution >= 4 is 22.0 Å². The van der Waals surface area contributed by atoms with Gasteiger partial charge in [-0.1, -0.05) is 57.2 Å². The zero-order chi connectivity index (χ0) is 26.0. The Hall–Kier alpha value is -3.59. The lowest BCUT2D eigenvalue weighted by atomic mass is 9.96. The molecule has 8 nitrogen and oxygen atoms in total. The molecule has 0 radical (unpaired) electrons. The van der Waals surface area contributed by atoms with Gasteiger partial charge < -0.3 is 14.9 Å². The van der Waals surface area contributed by atoms with Gasteiger partial charge in [0.25, 0.3) is 15.9 Å². The normalized spacial score (nSPS) is 11.8. The lowest BCUT2D eigenvalue weighted by Crippen LogP contribution is -2.36. The maximum Gasteiger partial charge on any atom is 0.407 e. The minimum atomic E-state index is -4.09. The topological polar surface area (TPSA) is 99.9 Å². The Balaban J connectivity index is 2.12. The highest BCUT2D eigenvalue weighted by atomic mass is 32.2. The van der Waals surface area contributed by atoms with Gasteiger partial charge in [-0.2, -0.15) is 0 Å². The molecular weight excluding hydrogens is 466 g/mol. The van der Waals surface area contributed by atoms with Crippen LogP contribution in [0.2, 0.25) is 0 Å². The first-order valence-corrected chi connectivity index (χ1v) is 12.6. The maximum absolute atomic E-state index is 13.7. The number of hydrogen-bond donors (Lipinski definition) is 1. The second-order valence-corrected chi connectivity index (χ2v) is 11.6. The summed E-state index contributed by atoms with van der Waals surface area (Å²) in [6.07, 6.45) is 0.378. The Morgan fingerprint density at radius 2 is 1.63 bits per heavy atom. The summed E-state index contributed by atoms with van der Waals surface area (Å²) in [6.45, 7) is 6.14. The summed E-state index contributed by atoms with van der Waals surface area (Å²) in [5, 5.41) is 9.72. The van der Waals surface area contributed by atoms with Crippen molar-refractivity contribution < 1.29 is 23.1 Å². The Labute approximate surface area is 206 Å². The number of hydrogen-bond acceptors (Lipinski definition) is 4. The van der Waals surface area contributed by atoms with E-state index in [0.717, 1.165) is 3.97 Å². The average molecular weight is 498 g/mol. The van der Waals surface area contributed by atoms with Gasteiger partial charge in [0.05, 0.1) is 17.1 Å². The fourth-order valence-corrected chi connectivity index (χ4v) is 5.19. The summed E-state index contributed by atoms with van der Waals surface area (Å²) in [7, 11) is -0.893. The van der Waals surface area contributed by atoms with Crippen LogP contribution >= 0.6 is 0 Å². The molecule has 1 heterocycles. The highest BCUT2D eigenvalue weighted by Gasteiger charge is 2.26. The first-order valence-electron chi connectivity index (χ1n) is 11.1. The molecule has 0 saturated heterocycles. The van der Waals surface area contributed by atoms with Crippen LogP contribution in [0.15, 0.2) is 71.8 Å². The average Bonchev–Trinajstić information content (AvgIpc) is 3.22. The van der Waals surface area contributed by atoms with Gasteiger partial charge >= 0.3 is 6.09 Å². The lowest BCUT2D eigenvalue weighted by molar-refractivity contribution is 0.0827. The van der Waals surface area contributed by atoms with Crippen molar-refractivity contribution in [3.63, 3.8) is 0 Å². The van der Waals surface area contributed by atoms with E-state index in [1.54, 1.807) is 50.5 Å². The summed E-state index contributed by atoms with van der Waals surface area (Å²) in [5.41, 5.74) is 1.60. The van der Waals surface area contributed by atoms with Crippen molar-refractivity contribution in [1.29, 1.82) is 0 Å². The van der Waals surface area contributed by atoms with Gasteiger partial charge in [-0.3, -0.25) is 4.79 Å². The molecule has 0 aliphatic rings. The summed E-state index contributed by atoms with van der Waals surface area (Å²) in [5.74, 6) is -0.308. The molecule has 0 bridgehead atoms. The predicted molar refractivity (Wildman–Crippen MR) is 135 cm³/mol. The van der Waals surface area contributed by atoms with Crippen molar-refractivity contribution in [2.45, 2.75) is 32.2 Å². The molecule has 3 rings (SSSR count). The number of amides is 2. The van der Waals surface area contributed by atoms with Crippen LogP contribution < -0.4 is 0 Å². The van der Waals surface area contributed by atoms with Crippen molar-refractivity contribution in [1.82, 2.24) is 13.8 Å². The molecule has 3 aromatic rings. The van der Waals surface area contributed by atoms with Crippen molar-refractivity contribution in [3.05, 3.63) is 78.0 Å². The van der Waals surface area contributed by atoms with E-state index in [4.69, 9.17) is 0 Å². The minimum Gasteiger partial charge on any atom is -0.465 e. The third-order valence-corrected chi connectivity index (χ3v) is 6.93. The molecule has 9 heteroatoms. The van der Waals surface area contributed by atoms with Crippen LogP contribution in [0.1, 0.15) is 36.7 Å². The number of carbonyl (C=O) groups excluding carboxylic acids is 1. The highest BCUT2D eigenvalue weighted by molar-refractivity contribution is 7.90.